The molecule has 0 bridgehead atoms. The number of hydrazine groups is 1. The van der Waals surface area contributed by atoms with Gasteiger partial charge in [0.05, 0.1) is 6.61 Å². The van der Waals surface area contributed by atoms with E-state index in [1.807, 2.05) is 5.43 Å². The molecule has 3 unspecified atom stereocenters. The van der Waals surface area contributed by atoms with E-state index in [-0.39, 0.29) is 5.96 Å². The fraction of sp³-hybridized carbons (Fsp3) is 0.714. The van der Waals surface area contributed by atoms with E-state index in [9.17, 15) is 4.79 Å². The second-order valence-corrected chi connectivity index (χ2v) is 2.87. The van der Waals surface area contributed by atoms with Gasteiger partial charge >= 0.3 is 0 Å². The summed E-state index contributed by atoms with van der Waals surface area (Å²) in [5.41, 5.74) is 6.53. The van der Waals surface area contributed by atoms with Crippen LogP contribution in [0.5, 0.6) is 0 Å². The molecule has 0 radical (unpaired) electrons. The third-order valence-corrected chi connectivity index (χ3v) is 1.55. The Morgan fingerprint density at radius 2 is 1.71 bits per heavy atom. The van der Waals surface area contributed by atoms with E-state index < -0.39 is 37.3 Å². The molecule has 11 N–H and O–H groups in total. The maximum absolute atomic E-state index is 10.5. The van der Waals surface area contributed by atoms with Crippen molar-refractivity contribution in [1.82, 2.24) is 5.43 Å². The molecule has 10 nitrogen and oxygen atoms in total. The van der Waals surface area contributed by atoms with E-state index >= 15 is 0 Å². The van der Waals surface area contributed by atoms with Crippen molar-refractivity contribution >= 4 is 11.7 Å². The monoisotopic (exact) mass is 254 g/mol. The van der Waals surface area contributed by atoms with Crippen LogP contribution < -0.4 is 17.0 Å². The summed E-state index contributed by atoms with van der Waals surface area (Å²) in [5.74, 6) is 3.35. The van der Waals surface area contributed by atoms with Crippen LogP contribution >= 0.6 is 0 Å². The maximum atomic E-state index is 10.5. The largest absolute Gasteiger partial charge is 0.394 e. The highest BCUT2D eigenvalue weighted by Crippen LogP contribution is 2.00. The van der Waals surface area contributed by atoms with Crippen molar-refractivity contribution in [3.8, 4) is 0 Å². The van der Waals surface area contributed by atoms with E-state index in [4.69, 9.17) is 30.9 Å². The van der Waals surface area contributed by atoms with Crippen molar-refractivity contribution in [1.29, 1.82) is 5.41 Å². The van der Waals surface area contributed by atoms with E-state index in [2.05, 4.69) is 11.6 Å². The second-order valence-electron chi connectivity index (χ2n) is 2.87. The predicted octanol–water partition coefficient (Wildman–Crippen LogP) is -5.03. The molecule has 17 heavy (non-hydrogen) atoms. The third-order valence-electron chi connectivity index (χ3n) is 1.55. The van der Waals surface area contributed by atoms with Crippen LogP contribution in [-0.2, 0) is 4.79 Å². The van der Waals surface area contributed by atoms with E-state index in [1.165, 1.54) is 0 Å². The summed E-state index contributed by atoms with van der Waals surface area (Å²) in [5, 5.41) is 49.3. The lowest BCUT2D eigenvalue weighted by Gasteiger charge is -2.19. The van der Waals surface area contributed by atoms with Gasteiger partial charge in [0.2, 0.25) is 0 Å². The van der Waals surface area contributed by atoms with Crippen molar-refractivity contribution in [2.45, 2.75) is 18.3 Å². The number of nitrogens with one attached hydrogen (secondary N) is 2. The Balaban J connectivity index is 0. The quantitative estimate of drug-likeness (QED) is 0.0993. The van der Waals surface area contributed by atoms with Crippen molar-refractivity contribution < 1.29 is 30.3 Å². The molecule has 0 spiro atoms. The van der Waals surface area contributed by atoms with Gasteiger partial charge in [-0.1, -0.05) is 0 Å². The Labute approximate surface area is 97.0 Å². The zero-order valence-corrected chi connectivity index (χ0v) is 8.95. The molecule has 3 atom stereocenters. The van der Waals surface area contributed by atoms with Crippen molar-refractivity contribution in [2.75, 3.05) is 13.2 Å². The topological polar surface area (TPSA) is 206 Å². The van der Waals surface area contributed by atoms with Crippen molar-refractivity contribution in [3.05, 3.63) is 0 Å². The number of Topliss-reactive ketones (excluding diaryl/α,β-unsaturated/α-hetero) is 1. The molecule has 0 aromatic carbocycles. The van der Waals surface area contributed by atoms with Crippen LogP contribution in [0.15, 0.2) is 0 Å². The van der Waals surface area contributed by atoms with Gasteiger partial charge in [0.1, 0.15) is 24.9 Å². The first-order valence-electron chi connectivity index (χ1n) is 4.41. The first-order chi connectivity index (χ1) is 7.81. The molecule has 0 aromatic heterocycles. The third kappa shape index (κ3) is 8.50. The second kappa shape index (κ2) is 9.89. The van der Waals surface area contributed by atoms with Crippen molar-refractivity contribution in [2.24, 2.45) is 11.6 Å². The van der Waals surface area contributed by atoms with Gasteiger partial charge in [-0.3, -0.25) is 15.6 Å². The summed E-state index contributed by atoms with van der Waals surface area (Å²) in [4.78, 5) is 10.5. The van der Waals surface area contributed by atoms with Crippen molar-refractivity contribution in [3.63, 3.8) is 0 Å². The number of aliphatic hydroxyl groups is 5. The van der Waals surface area contributed by atoms with Crippen LogP contribution in [0.2, 0.25) is 0 Å². The molecule has 0 fully saturated rings. The number of hydrogen-bond donors (Lipinski definition) is 9. The molecule has 10 heteroatoms. The van der Waals surface area contributed by atoms with E-state index in [0.29, 0.717) is 0 Å². The van der Waals surface area contributed by atoms with Gasteiger partial charge in [-0.05, 0) is 0 Å². The molecule has 0 aliphatic heterocycles. The molecule has 0 amide bonds. The highest BCUT2D eigenvalue weighted by molar-refractivity contribution is 5.84. The fourth-order valence-corrected chi connectivity index (χ4v) is 0.602. The minimum Gasteiger partial charge on any atom is -0.394 e. The smallest absolute Gasteiger partial charge is 0.200 e. The maximum Gasteiger partial charge on any atom is 0.200 e. The number of aliphatic hydroxyl groups excluding tert-OH is 5. The molecule has 0 aliphatic rings. The molecule has 0 aliphatic carbocycles. The Morgan fingerprint density at radius 3 is 1.94 bits per heavy atom. The van der Waals surface area contributed by atoms with E-state index in [1.54, 1.807) is 0 Å². The molecule has 0 aromatic rings. The van der Waals surface area contributed by atoms with Gasteiger partial charge in [-0.15, -0.1) is 0 Å². The Hall–Kier alpha value is -1.30. The highest BCUT2D eigenvalue weighted by Gasteiger charge is 2.28. The molecular formula is C7H18N4O6. The summed E-state index contributed by atoms with van der Waals surface area (Å²) in [7, 11) is 0. The zero-order chi connectivity index (χ0) is 14.0. The summed E-state index contributed by atoms with van der Waals surface area (Å²) in [6.45, 7) is -1.69. The van der Waals surface area contributed by atoms with Crippen LogP contribution in [0, 0.1) is 5.41 Å². The minimum absolute atomic E-state index is 0.218. The number of ketones is 1. The molecule has 102 valence electrons. The number of guanidine groups is 1. The molecule has 0 saturated carbocycles. The lowest BCUT2D eigenvalue weighted by Crippen LogP contribution is -2.44. The predicted molar refractivity (Wildman–Crippen MR) is 56.4 cm³/mol. The van der Waals surface area contributed by atoms with Gasteiger partial charge in [-0.2, -0.15) is 0 Å². The number of nitrogens with two attached hydrogens (primary N) is 2. The Bertz CT molecular complexity index is 238. The first kappa shape index (κ1) is 18.1. The van der Waals surface area contributed by atoms with Gasteiger partial charge in [-0.25, -0.2) is 5.84 Å². The Kier molecular flexibility index (Phi) is 10.5. The summed E-state index contributed by atoms with van der Waals surface area (Å²) in [6.07, 6.45) is -5.22. The summed E-state index contributed by atoms with van der Waals surface area (Å²) < 4.78 is 0. The van der Waals surface area contributed by atoms with Gasteiger partial charge < -0.3 is 31.3 Å². The van der Waals surface area contributed by atoms with Gasteiger partial charge in [0.15, 0.2) is 11.7 Å². The number of hydrogen-bond acceptors (Lipinski definition) is 8. The summed E-state index contributed by atoms with van der Waals surface area (Å²) in [6, 6.07) is 0. The van der Waals surface area contributed by atoms with Crippen LogP contribution in [-0.4, -0.2) is 68.8 Å². The normalized spacial score (nSPS) is 14.9. The first-order valence-corrected chi connectivity index (χ1v) is 4.41. The van der Waals surface area contributed by atoms with E-state index in [0.717, 1.165) is 0 Å². The summed E-state index contributed by atoms with van der Waals surface area (Å²) >= 11 is 0. The average Bonchev–Trinajstić information content (AvgIpc) is 2.35. The number of carbonyl (C=O) groups excluding carboxylic acids is 1. The zero-order valence-electron chi connectivity index (χ0n) is 8.95. The van der Waals surface area contributed by atoms with Crippen LogP contribution in [0.25, 0.3) is 0 Å². The average molecular weight is 254 g/mol. The van der Waals surface area contributed by atoms with Gasteiger partial charge in [0.25, 0.3) is 0 Å². The number of carbonyl (C=O) groups is 1. The highest BCUT2D eigenvalue weighted by atomic mass is 16.4. The lowest BCUT2D eigenvalue weighted by molar-refractivity contribution is -0.142. The Morgan fingerprint density at radius 1 is 1.29 bits per heavy atom. The van der Waals surface area contributed by atoms with Crippen LogP contribution in [0.1, 0.15) is 0 Å². The fourth-order valence-electron chi connectivity index (χ4n) is 0.602. The molecule has 0 rings (SSSR count). The lowest BCUT2D eigenvalue weighted by atomic mass is 10.1. The standard InChI is InChI=1S/C6H12O6.CH6N4/c7-1-3(9)5(11)6(12)4(10)2-8;2-1(3)5-4/h3,5-9,11-12H,1-2H2;4H2,(H4,2,3,5). The molecule has 0 saturated heterocycles. The van der Waals surface area contributed by atoms with Gasteiger partial charge in [0, 0.05) is 0 Å². The molecule has 0 heterocycles. The number of rotatable bonds is 5. The minimum atomic E-state index is -1.86. The van der Waals surface area contributed by atoms with Crippen LogP contribution in [0.4, 0.5) is 0 Å². The SMILES string of the molecule is N=C(N)NN.O=C(CO)C(O)C(O)C(O)CO. The molecular weight excluding hydrogens is 236 g/mol. The van der Waals surface area contributed by atoms with Crippen LogP contribution in [0.3, 0.4) is 0 Å².